The van der Waals surface area contributed by atoms with Gasteiger partial charge in [0.25, 0.3) is 0 Å². The van der Waals surface area contributed by atoms with Gasteiger partial charge in [0, 0.05) is 12.7 Å². The summed E-state index contributed by atoms with van der Waals surface area (Å²) in [6, 6.07) is 17.4. The van der Waals surface area contributed by atoms with Crippen LogP contribution in [0.3, 0.4) is 0 Å². The topological polar surface area (TPSA) is 118 Å². The van der Waals surface area contributed by atoms with E-state index in [1.54, 1.807) is 21.0 Å². The number of aliphatic hydroxyl groups excluding tert-OH is 1. The zero-order valence-corrected chi connectivity index (χ0v) is 32.5. The molecular formula is C45H58O9. The molecule has 292 valence electrons. The van der Waals surface area contributed by atoms with Crippen LogP contribution in [0.4, 0.5) is 0 Å². The predicted molar refractivity (Wildman–Crippen MR) is 210 cm³/mol. The second-order valence-corrected chi connectivity index (χ2v) is 14.8. The maximum atomic E-state index is 12.1. The summed E-state index contributed by atoms with van der Waals surface area (Å²) in [7, 11) is 1.58. The van der Waals surface area contributed by atoms with Gasteiger partial charge in [-0.2, -0.15) is 0 Å². The molecular weight excluding hydrogens is 684 g/mol. The van der Waals surface area contributed by atoms with Crippen molar-refractivity contribution in [1.82, 2.24) is 0 Å². The molecule has 9 nitrogen and oxygen atoms in total. The molecule has 0 saturated heterocycles. The van der Waals surface area contributed by atoms with Crippen LogP contribution >= 0.6 is 0 Å². The zero-order chi connectivity index (χ0) is 39.1. The monoisotopic (exact) mass is 742 g/mol. The number of hydrogen-bond acceptors (Lipinski definition) is 9. The van der Waals surface area contributed by atoms with Crippen LogP contribution in [0.25, 0.3) is 11.1 Å². The van der Waals surface area contributed by atoms with Crippen LogP contribution in [-0.4, -0.2) is 75.4 Å². The van der Waals surface area contributed by atoms with Crippen LogP contribution in [0, 0.1) is 11.8 Å². The first kappa shape index (κ1) is 42.4. The molecule has 2 aromatic rings. The first-order valence-corrected chi connectivity index (χ1v) is 19.1. The lowest BCUT2D eigenvalue weighted by atomic mass is 9.76. The van der Waals surface area contributed by atoms with Crippen LogP contribution in [0.2, 0.25) is 0 Å². The van der Waals surface area contributed by atoms with Crippen molar-refractivity contribution >= 4 is 29.1 Å². The Morgan fingerprint density at radius 2 is 1.54 bits per heavy atom. The van der Waals surface area contributed by atoms with E-state index < -0.39 is 17.5 Å². The van der Waals surface area contributed by atoms with E-state index in [1.165, 1.54) is 11.1 Å². The molecule has 2 aliphatic carbocycles. The number of ether oxygens (including phenoxy) is 5. The minimum atomic E-state index is -0.635. The summed E-state index contributed by atoms with van der Waals surface area (Å²) in [5.74, 6) is -0.480. The van der Waals surface area contributed by atoms with Gasteiger partial charge in [-0.1, -0.05) is 67.8 Å². The van der Waals surface area contributed by atoms with Crippen LogP contribution in [0.15, 0.2) is 85.0 Å². The lowest BCUT2D eigenvalue weighted by molar-refractivity contribution is -0.149. The summed E-state index contributed by atoms with van der Waals surface area (Å²) in [6.07, 6.45) is 11.7. The summed E-state index contributed by atoms with van der Waals surface area (Å²) >= 11 is 0. The molecule has 0 bridgehead atoms. The molecule has 0 aliphatic heterocycles. The minimum Gasteiger partial charge on any atom is -0.465 e. The van der Waals surface area contributed by atoms with Crippen LogP contribution < -0.4 is 0 Å². The maximum absolute atomic E-state index is 12.1. The van der Waals surface area contributed by atoms with Crippen LogP contribution in [0.1, 0.15) is 93.9 Å². The Morgan fingerprint density at radius 1 is 0.870 bits per heavy atom. The molecule has 2 unspecified atom stereocenters. The zero-order valence-electron chi connectivity index (χ0n) is 32.5. The molecule has 0 radical (unpaired) electrons. The van der Waals surface area contributed by atoms with Gasteiger partial charge >= 0.3 is 17.9 Å². The molecule has 9 heteroatoms. The van der Waals surface area contributed by atoms with Crippen molar-refractivity contribution in [2.45, 2.75) is 83.7 Å². The Hall–Kier alpha value is -4.31. The van der Waals surface area contributed by atoms with E-state index in [0.29, 0.717) is 43.7 Å². The molecule has 4 rings (SSSR count). The smallest absolute Gasteiger partial charge is 0.335 e. The highest BCUT2D eigenvalue weighted by atomic mass is 16.6. The molecule has 1 N–H and O–H groups in total. The number of esters is 3. The normalized spacial score (nSPS) is 20.2. The number of rotatable bonds is 20. The first-order chi connectivity index (χ1) is 25.9. The van der Waals surface area contributed by atoms with E-state index in [0.717, 1.165) is 67.2 Å². The fourth-order valence-corrected chi connectivity index (χ4v) is 7.01. The van der Waals surface area contributed by atoms with Gasteiger partial charge < -0.3 is 28.8 Å². The molecule has 2 atom stereocenters. The fraction of sp³-hybridized carbons (Fsp3) is 0.489. The standard InChI is InChI=1S/C45H58O9/c1-31(2)42(47)53-26-27-54-45(5)23-21-40(38-15-9-34(10-16-38)8-7-24-51-44(49)33(4)30-50-6)28-41(45)39-19-17-37(18-20-39)36-13-11-35(12-14-36)22-25-52-43(48)32(3)29-46/h9-10,15-21,28,33,35-36,46H,1,3,7-8,11-14,22-27,29-30H2,2,4-6H3. The number of hydrogen-bond donors (Lipinski definition) is 1. The molecule has 2 aromatic carbocycles. The van der Waals surface area contributed by atoms with E-state index in [1.807, 2.05) is 0 Å². The van der Waals surface area contributed by atoms with Gasteiger partial charge in [0.05, 0.1) is 50.1 Å². The molecule has 1 fully saturated rings. The van der Waals surface area contributed by atoms with Gasteiger partial charge in [0.15, 0.2) is 0 Å². The fourth-order valence-electron chi connectivity index (χ4n) is 7.01. The lowest BCUT2D eigenvalue weighted by Gasteiger charge is -2.35. The molecule has 0 spiro atoms. The SMILES string of the molecule is C=C(C)C(=O)OCCOC1(C)CC=C(c2ccc(CCCOC(=O)C(C)COC)cc2)C=C1c1ccc(C2CCC(CCOC(=O)C(=C)CO)CC2)cc1. The van der Waals surface area contributed by atoms with Gasteiger partial charge in [-0.15, -0.1) is 0 Å². The predicted octanol–water partition coefficient (Wildman–Crippen LogP) is 7.97. The Labute approximate surface area is 321 Å². The Morgan fingerprint density at radius 3 is 2.19 bits per heavy atom. The van der Waals surface area contributed by atoms with Crippen molar-refractivity contribution in [3.8, 4) is 0 Å². The van der Waals surface area contributed by atoms with Gasteiger partial charge in [0.1, 0.15) is 6.61 Å². The number of aliphatic hydroxyl groups is 1. The molecule has 0 heterocycles. The van der Waals surface area contributed by atoms with Crippen molar-refractivity contribution in [2.75, 3.05) is 46.8 Å². The average molecular weight is 743 g/mol. The Balaban J connectivity index is 1.41. The summed E-state index contributed by atoms with van der Waals surface area (Å²) in [4.78, 5) is 35.8. The van der Waals surface area contributed by atoms with Gasteiger partial charge in [0.2, 0.25) is 0 Å². The van der Waals surface area contributed by atoms with E-state index in [2.05, 4.69) is 80.8 Å². The van der Waals surface area contributed by atoms with Crippen molar-refractivity contribution < 1.29 is 43.2 Å². The molecule has 0 amide bonds. The third-order valence-corrected chi connectivity index (χ3v) is 10.4. The van der Waals surface area contributed by atoms with E-state index in [4.69, 9.17) is 28.8 Å². The Bertz CT molecular complexity index is 1640. The van der Waals surface area contributed by atoms with E-state index >= 15 is 0 Å². The number of methoxy groups -OCH3 is 1. The maximum Gasteiger partial charge on any atom is 0.335 e. The van der Waals surface area contributed by atoms with Crippen LogP contribution in [0.5, 0.6) is 0 Å². The number of carbonyl (C=O) groups excluding carboxylic acids is 3. The minimum absolute atomic E-state index is 0.0850. The number of carbonyl (C=O) groups is 3. The number of benzene rings is 2. The number of aryl methyl sites for hydroxylation is 1. The van der Waals surface area contributed by atoms with E-state index in [9.17, 15) is 14.4 Å². The first-order valence-electron chi connectivity index (χ1n) is 19.1. The van der Waals surface area contributed by atoms with Gasteiger partial charge in [-0.25, -0.2) is 9.59 Å². The molecule has 0 aromatic heterocycles. The highest BCUT2D eigenvalue weighted by Gasteiger charge is 2.33. The summed E-state index contributed by atoms with van der Waals surface area (Å²) < 4.78 is 27.5. The second-order valence-electron chi connectivity index (χ2n) is 14.8. The lowest BCUT2D eigenvalue weighted by Crippen LogP contribution is -2.33. The summed E-state index contributed by atoms with van der Waals surface area (Å²) in [5, 5.41) is 9.07. The number of allylic oxidation sites excluding steroid dienone is 2. The molecule has 54 heavy (non-hydrogen) atoms. The van der Waals surface area contributed by atoms with Crippen molar-refractivity contribution in [3.63, 3.8) is 0 Å². The highest BCUT2D eigenvalue weighted by Crippen LogP contribution is 2.42. The van der Waals surface area contributed by atoms with Crippen molar-refractivity contribution in [3.05, 3.63) is 107 Å². The second kappa shape index (κ2) is 21.0. The van der Waals surface area contributed by atoms with Crippen molar-refractivity contribution in [1.29, 1.82) is 0 Å². The Kier molecular flexibility index (Phi) is 16.5. The molecule has 1 saturated carbocycles. The average Bonchev–Trinajstić information content (AvgIpc) is 3.18. The largest absolute Gasteiger partial charge is 0.465 e. The molecule has 2 aliphatic rings. The third-order valence-electron chi connectivity index (χ3n) is 10.4. The van der Waals surface area contributed by atoms with Gasteiger partial charge in [-0.3, -0.25) is 4.79 Å². The van der Waals surface area contributed by atoms with E-state index in [-0.39, 0.29) is 37.3 Å². The quantitative estimate of drug-likeness (QED) is 0.0624. The van der Waals surface area contributed by atoms with Crippen molar-refractivity contribution in [2.24, 2.45) is 11.8 Å². The summed E-state index contributed by atoms with van der Waals surface area (Å²) in [5.41, 5.74) is 6.66. The van der Waals surface area contributed by atoms with Gasteiger partial charge in [-0.05, 0) is 123 Å². The van der Waals surface area contributed by atoms with Crippen LogP contribution in [-0.2, 0) is 44.5 Å². The summed E-state index contributed by atoms with van der Waals surface area (Å²) in [6.45, 7) is 13.8. The highest BCUT2D eigenvalue weighted by molar-refractivity contribution is 5.89. The third kappa shape index (κ3) is 12.4.